The highest BCUT2D eigenvalue weighted by Crippen LogP contribution is 2.12. The van der Waals surface area contributed by atoms with Gasteiger partial charge in [0.05, 0.1) is 5.69 Å². The monoisotopic (exact) mass is 327 g/mol. The van der Waals surface area contributed by atoms with Crippen LogP contribution in [-0.4, -0.2) is 29.3 Å². The lowest BCUT2D eigenvalue weighted by atomic mass is 10.1. The molecule has 0 aliphatic carbocycles. The molecule has 0 spiro atoms. The van der Waals surface area contributed by atoms with E-state index >= 15 is 0 Å². The fourth-order valence-corrected chi connectivity index (χ4v) is 2.93. The van der Waals surface area contributed by atoms with Crippen molar-refractivity contribution < 1.29 is 0 Å². The number of benzene rings is 1. The van der Waals surface area contributed by atoms with E-state index in [9.17, 15) is 0 Å². The maximum absolute atomic E-state index is 4.46. The standard InChI is InChI=1S/C19H29N5/c1-13-7-8-17(14(2)11-13)12-22-19(20-5)21-10-9-18-15(3)23-24(6)16(18)4/h7-8,11H,9-10,12H2,1-6H3,(H2,20,21,22). The van der Waals surface area contributed by atoms with Gasteiger partial charge in [0.15, 0.2) is 5.96 Å². The van der Waals surface area contributed by atoms with E-state index in [0.29, 0.717) is 0 Å². The van der Waals surface area contributed by atoms with E-state index in [-0.39, 0.29) is 0 Å². The first-order valence-corrected chi connectivity index (χ1v) is 8.42. The van der Waals surface area contributed by atoms with Gasteiger partial charge in [-0.1, -0.05) is 23.8 Å². The number of aromatic nitrogens is 2. The van der Waals surface area contributed by atoms with Crippen LogP contribution in [0.3, 0.4) is 0 Å². The normalized spacial score (nSPS) is 11.7. The second-order valence-corrected chi connectivity index (χ2v) is 6.31. The molecule has 0 saturated heterocycles. The zero-order chi connectivity index (χ0) is 17.7. The van der Waals surface area contributed by atoms with Crippen molar-refractivity contribution in [2.45, 2.75) is 40.7 Å². The Labute approximate surface area is 145 Å². The van der Waals surface area contributed by atoms with Gasteiger partial charge in [0.1, 0.15) is 0 Å². The number of nitrogens with zero attached hydrogens (tertiary/aromatic N) is 3. The van der Waals surface area contributed by atoms with Gasteiger partial charge in [0.25, 0.3) is 0 Å². The Hall–Kier alpha value is -2.30. The average molecular weight is 327 g/mol. The molecule has 0 aliphatic heterocycles. The fourth-order valence-electron chi connectivity index (χ4n) is 2.93. The minimum absolute atomic E-state index is 0.775. The Morgan fingerprint density at radius 1 is 1.17 bits per heavy atom. The van der Waals surface area contributed by atoms with Crippen LogP contribution in [0.1, 0.15) is 33.6 Å². The smallest absolute Gasteiger partial charge is 0.191 e. The summed E-state index contributed by atoms with van der Waals surface area (Å²) >= 11 is 0. The Morgan fingerprint density at radius 2 is 1.92 bits per heavy atom. The molecule has 0 aliphatic rings. The van der Waals surface area contributed by atoms with E-state index in [1.807, 2.05) is 11.7 Å². The molecule has 0 bridgehead atoms. The molecule has 2 rings (SSSR count). The zero-order valence-corrected chi connectivity index (χ0v) is 15.7. The van der Waals surface area contributed by atoms with Crippen molar-refractivity contribution in [2.24, 2.45) is 12.0 Å². The van der Waals surface area contributed by atoms with E-state index < -0.39 is 0 Å². The van der Waals surface area contributed by atoms with Gasteiger partial charge in [-0.3, -0.25) is 9.67 Å². The Bertz CT molecular complexity index is 728. The lowest BCUT2D eigenvalue weighted by Gasteiger charge is -2.13. The molecule has 0 radical (unpaired) electrons. The molecule has 1 aromatic heterocycles. The van der Waals surface area contributed by atoms with Crippen molar-refractivity contribution in [3.8, 4) is 0 Å². The summed E-state index contributed by atoms with van der Waals surface area (Å²) in [4.78, 5) is 4.31. The lowest BCUT2D eigenvalue weighted by Crippen LogP contribution is -2.38. The van der Waals surface area contributed by atoms with Crippen LogP contribution in [-0.2, 0) is 20.0 Å². The van der Waals surface area contributed by atoms with E-state index in [2.05, 4.69) is 66.6 Å². The first-order chi connectivity index (χ1) is 11.4. The highest BCUT2D eigenvalue weighted by molar-refractivity contribution is 5.79. The predicted molar refractivity (Wildman–Crippen MR) is 101 cm³/mol. The lowest BCUT2D eigenvalue weighted by molar-refractivity contribution is 0.728. The quantitative estimate of drug-likeness (QED) is 0.655. The minimum atomic E-state index is 0.775. The van der Waals surface area contributed by atoms with Gasteiger partial charge >= 0.3 is 0 Å². The fraction of sp³-hybridized carbons (Fsp3) is 0.474. The van der Waals surface area contributed by atoms with Crippen LogP contribution in [0.5, 0.6) is 0 Å². The molecule has 24 heavy (non-hydrogen) atoms. The van der Waals surface area contributed by atoms with Gasteiger partial charge in [0, 0.05) is 32.9 Å². The van der Waals surface area contributed by atoms with Gasteiger partial charge in [-0.25, -0.2) is 0 Å². The third kappa shape index (κ3) is 4.37. The van der Waals surface area contributed by atoms with Crippen molar-refractivity contribution in [1.82, 2.24) is 20.4 Å². The van der Waals surface area contributed by atoms with Crippen LogP contribution in [0.25, 0.3) is 0 Å². The number of hydrogen-bond donors (Lipinski definition) is 2. The molecule has 2 N–H and O–H groups in total. The van der Waals surface area contributed by atoms with E-state index in [0.717, 1.165) is 31.2 Å². The summed E-state index contributed by atoms with van der Waals surface area (Å²) < 4.78 is 1.94. The molecule has 130 valence electrons. The minimum Gasteiger partial charge on any atom is -0.356 e. The van der Waals surface area contributed by atoms with Gasteiger partial charge in [0.2, 0.25) is 0 Å². The molecule has 2 aromatic rings. The highest BCUT2D eigenvalue weighted by atomic mass is 15.3. The van der Waals surface area contributed by atoms with Crippen molar-refractivity contribution in [1.29, 1.82) is 0 Å². The second-order valence-electron chi connectivity index (χ2n) is 6.31. The maximum Gasteiger partial charge on any atom is 0.191 e. The van der Waals surface area contributed by atoms with Crippen LogP contribution < -0.4 is 10.6 Å². The van der Waals surface area contributed by atoms with Gasteiger partial charge in [-0.15, -0.1) is 0 Å². The van der Waals surface area contributed by atoms with Crippen molar-refractivity contribution in [2.75, 3.05) is 13.6 Å². The molecule has 0 saturated carbocycles. The van der Waals surface area contributed by atoms with E-state index in [4.69, 9.17) is 0 Å². The average Bonchev–Trinajstić information content (AvgIpc) is 2.78. The second kappa shape index (κ2) is 7.99. The number of nitrogens with one attached hydrogen (secondary N) is 2. The molecule has 0 fully saturated rings. The molecule has 0 atom stereocenters. The summed E-state index contributed by atoms with van der Waals surface area (Å²) in [5.74, 6) is 0.828. The number of aryl methyl sites for hydroxylation is 4. The van der Waals surface area contributed by atoms with Crippen molar-refractivity contribution in [3.63, 3.8) is 0 Å². The highest BCUT2D eigenvalue weighted by Gasteiger charge is 2.09. The van der Waals surface area contributed by atoms with Crippen LogP contribution in [0.2, 0.25) is 0 Å². The number of hydrogen-bond acceptors (Lipinski definition) is 2. The molecule has 5 heteroatoms. The first kappa shape index (κ1) is 18.0. The third-order valence-corrected chi connectivity index (χ3v) is 4.49. The number of rotatable bonds is 5. The van der Waals surface area contributed by atoms with E-state index in [1.54, 1.807) is 7.05 Å². The maximum atomic E-state index is 4.46. The number of aliphatic imine (C=N–C) groups is 1. The Balaban J connectivity index is 1.86. The summed E-state index contributed by atoms with van der Waals surface area (Å²) in [5.41, 5.74) is 7.54. The molecule has 1 aromatic carbocycles. The molecule has 0 unspecified atom stereocenters. The largest absolute Gasteiger partial charge is 0.356 e. The van der Waals surface area contributed by atoms with Crippen molar-refractivity contribution >= 4 is 5.96 Å². The first-order valence-electron chi connectivity index (χ1n) is 8.42. The summed E-state index contributed by atoms with van der Waals surface area (Å²) in [7, 11) is 3.79. The summed E-state index contributed by atoms with van der Waals surface area (Å²) in [6, 6.07) is 6.53. The van der Waals surface area contributed by atoms with Gasteiger partial charge in [-0.05, 0) is 50.8 Å². The van der Waals surface area contributed by atoms with Crippen LogP contribution in [0.15, 0.2) is 23.2 Å². The molecular weight excluding hydrogens is 298 g/mol. The van der Waals surface area contributed by atoms with Gasteiger partial charge < -0.3 is 10.6 Å². The molecule has 5 nitrogen and oxygen atoms in total. The number of guanidine groups is 1. The Morgan fingerprint density at radius 3 is 2.50 bits per heavy atom. The molecule has 0 amide bonds. The Kier molecular flexibility index (Phi) is 6.01. The molecular formula is C19H29N5. The van der Waals surface area contributed by atoms with Crippen molar-refractivity contribution in [3.05, 3.63) is 51.8 Å². The summed E-state index contributed by atoms with van der Waals surface area (Å²) in [6.45, 7) is 10.1. The predicted octanol–water partition coefficient (Wildman–Crippen LogP) is 2.56. The zero-order valence-electron chi connectivity index (χ0n) is 15.7. The van der Waals surface area contributed by atoms with Crippen LogP contribution in [0, 0.1) is 27.7 Å². The SMILES string of the molecule is CN=C(NCCc1c(C)nn(C)c1C)NCc1ccc(C)cc1C. The summed E-state index contributed by atoms with van der Waals surface area (Å²) in [5, 5.41) is 11.2. The third-order valence-electron chi connectivity index (χ3n) is 4.49. The van der Waals surface area contributed by atoms with Crippen LogP contribution in [0.4, 0.5) is 0 Å². The molecule has 1 heterocycles. The summed E-state index contributed by atoms with van der Waals surface area (Å²) in [6.07, 6.45) is 0.940. The topological polar surface area (TPSA) is 54.2 Å². The van der Waals surface area contributed by atoms with E-state index in [1.165, 1.54) is 27.9 Å². The van der Waals surface area contributed by atoms with Crippen LogP contribution >= 0.6 is 0 Å². The van der Waals surface area contributed by atoms with Gasteiger partial charge in [-0.2, -0.15) is 5.10 Å².